The summed E-state index contributed by atoms with van der Waals surface area (Å²) in [6.07, 6.45) is 9.86. The fraction of sp³-hybridized carbons (Fsp3) is 0.333. The maximum absolute atomic E-state index is 12.2. The van der Waals surface area contributed by atoms with Crippen molar-refractivity contribution in [1.29, 1.82) is 0 Å². The molecule has 1 aliphatic rings. The highest BCUT2D eigenvalue weighted by molar-refractivity contribution is 7.15. The van der Waals surface area contributed by atoms with E-state index in [1.807, 2.05) is 46.4 Å². The van der Waals surface area contributed by atoms with Crippen molar-refractivity contribution in [3.63, 3.8) is 0 Å². The molecule has 0 unspecified atom stereocenters. The number of benzene rings is 1. The number of carbonyl (C=O) groups is 1. The molecular weight excluding hydrogens is 320 g/mol. The van der Waals surface area contributed by atoms with Gasteiger partial charge in [0.1, 0.15) is 0 Å². The first-order valence-electron chi connectivity index (χ1n) is 8.38. The standard InChI is InChI=1S/C18H20N4OS/c23-17(19-14-6-2-1-3-7-14)20-15-8-4-5-13(11-15)16-12-22-9-10-24-18(22)21-16/h4-5,8-12,14H,1-3,6-7H2,(H2,19,20,23). The summed E-state index contributed by atoms with van der Waals surface area (Å²) in [5, 5.41) is 8.03. The van der Waals surface area contributed by atoms with Crippen LogP contribution >= 0.6 is 11.3 Å². The van der Waals surface area contributed by atoms with Gasteiger partial charge in [-0.25, -0.2) is 9.78 Å². The number of hydrogen-bond donors (Lipinski definition) is 2. The molecule has 1 fully saturated rings. The number of urea groups is 1. The molecule has 0 saturated heterocycles. The number of fused-ring (bicyclic) bond motifs is 1. The zero-order chi connectivity index (χ0) is 16.4. The Hall–Kier alpha value is -2.34. The van der Waals surface area contributed by atoms with Crippen molar-refractivity contribution >= 4 is 28.0 Å². The summed E-state index contributed by atoms with van der Waals surface area (Å²) in [6, 6.07) is 8.01. The number of amides is 2. The number of aromatic nitrogens is 2. The summed E-state index contributed by atoms with van der Waals surface area (Å²) in [5.41, 5.74) is 2.71. The minimum absolute atomic E-state index is 0.120. The second kappa shape index (κ2) is 6.65. The monoisotopic (exact) mass is 340 g/mol. The first kappa shape index (κ1) is 15.2. The number of nitrogens with one attached hydrogen (secondary N) is 2. The Bertz CT molecular complexity index is 819. The molecule has 1 aromatic carbocycles. The molecule has 2 amide bonds. The van der Waals surface area contributed by atoms with Crippen LogP contribution in [0.1, 0.15) is 32.1 Å². The van der Waals surface area contributed by atoms with E-state index < -0.39 is 0 Å². The van der Waals surface area contributed by atoms with Crippen LogP contribution in [-0.2, 0) is 0 Å². The minimum Gasteiger partial charge on any atom is -0.335 e. The quantitative estimate of drug-likeness (QED) is 0.736. The fourth-order valence-corrected chi connectivity index (χ4v) is 3.92. The summed E-state index contributed by atoms with van der Waals surface area (Å²) >= 11 is 1.61. The van der Waals surface area contributed by atoms with Crippen molar-refractivity contribution < 1.29 is 4.79 Å². The first-order chi connectivity index (χ1) is 11.8. The predicted octanol–water partition coefficient (Wildman–Crippen LogP) is 4.52. The van der Waals surface area contributed by atoms with Crippen LogP contribution < -0.4 is 10.6 Å². The van der Waals surface area contributed by atoms with Gasteiger partial charge >= 0.3 is 6.03 Å². The van der Waals surface area contributed by atoms with Gasteiger partial charge in [-0.3, -0.25) is 4.40 Å². The largest absolute Gasteiger partial charge is 0.335 e. The van der Waals surface area contributed by atoms with E-state index in [4.69, 9.17) is 0 Å². The van der Waals surface area contributed by atoms with Gasteiger partial charge in [-0.05, 0) is 25.0 Å². The Labute approximate surface area is 144 Å². The average Bonchev–Trinajstić information content (AvgIpc) is 3.17. The molecule has 1 aliphatic carbocycles. The Balaban J connectivity index is 1.46. The topological polar surface area (TPSA) is 58.4 Å². The van der Waals surface area contributed by atoms with E-state index in [0.717, 1.165) is 34.7 Å². The molecule has 2 aromatic heterocycles. The van der Waals surface area contributed by atoms with Gasteiger partial charge in [0.15, 0.2) is 4.96 Å². The smallest absolute Gasteiger partial charge is 0.319 e. The number of rotatable bonds is 3. The molecule has 0 atom stereocenters. The Morgan fingerprint density at radius 3 is 2.96 bits per heavy atom. The van der Waals surface area contributed by atoms with Gasteiger partial charge in [0, 0.05) is 35.1 Å². The van der Waals surface area contributed by atoms with E-state index in [1.54, 1.807) is 11.3 Å². The van der Waals surface area contributed by atoms with Gasteiger partial charge in [-0.2, -0.15) is 0 Å². The average molecular weight is 340 g/mol. The molecule has 24 heavy (non-hydrogen) atoms. The molecule has 0 bridgehead atoms. The van der Waals surface area contributed by atoms with Crippen LogP contribution in [-0.4, -0.2) is 21.5 Å². The van der Waals surface area contributed by atoms with E-state index in [-0.39, 0.29) is 6.03 Å². The summed E-state index contributed by atoms with van der Waals surface area (Å²) in [6.45, 7) is 0. The maximum atomic E-state index is 12.2. The molecule has 0 spiro atoms. The molecule has 2 N–H and O–H groups in total. The van der Waals surface area contributed by atoms with Crippen molar-refractivity contribution in [3.8, 4) is 11.3 Å². The lowest BCUT2D eigenvalue weighted by atomic mass is 9.96. The highest BCUT2D eigenvalue weighted by atomic mass is 32.1. The van der Waals surface area contributed by atoms with Crippen LogP contribution in [0.15, 0.2) is 42.0 Å². The predicted molar refractivity (Wildman–Crippen MR) is 97.5 cm³/mol. The first-order valence-corrected chi connectivity index (χ1v) is 9.26. The van der Waals surface area contributed by atoms with Crippen molar-refractivity contribution in [2.24, 2.45) is 0 Å². The van der Waals surface area contributed by atoms with Gasteiger partial charge < -0.3 is 10.6 Å². The summed E-state index contributed by atoms with van der Waals surface area (Å²) in [7, 11) is 0. The van der Waals surface area contributed by atoms with Crippen molar-refractivity contribution in [3.05, 3.63) is 42.0 Å². The van der Waals surface area contributed by atoms with Gasteiger partial charge in [-0.15, -0.1) is 11.3 Å². The highest BCUT2D eigenvalue weighted by Gasteiger charge is 2.15. The van der Waals surface area contributed by atoms with E-state index in [9.17, 15) is 4.79 Å². The molecule has 124 valence electrons. The molecule has 0 aliphatic heterocycles. The molecule has 1 saturated carbocycles. The van der Waals surface area contributed by atoms with Crippen molar-refractivity contribution in [1.82, 2.24) is 14.7 Å². The number of carbonyl (C=O) groups excluding carboxylic acids is 1. The van der Waals surface area contributed by atoms with Gasteiger partial charge in [0.2, 0.25) is 0 Å². The number of anilines is 1. The zero-order valence-corrected chi connectivity index (χ0v) is 14.2. The van der Waals surface area contributed by atoms with Gasteiger partial charge in [0.25, 0.3) is 0 Å². The Morgan fingerprint density at radius 1 is 1.25 bits per heavy atom. The van der Waals surface area contributed by atoms with Crippen LogP contribution in [0.3, 0.4) is 0 Å². The lowest BCUT2D eigenvalue weighted by molar-refractivity contribution is 0.244. The van der Waals surface area contributed by atoms with E-state index in [2.05, 4.69) is 15.6 Å². The van der Waals surface area contributed by atoms with Crippen LogP contribution in [0.5, 0.6) is 0 Å². The number of hydrogen-bond acceptors (Lipinski definition) is 3. The lowest BCUT2D eigenvalue weighted by Crippen LogP contribution is -2.39. The summed E-state index contributed by atoms with van der Waals surface area (Å²) in [4.78, 5) is 17.8. The second-order valence-corrected chi connectivity index (χ2v) is 7.11. The van der Waals surface area contributed by atoms with E-state index >= 15 is 0 Å². The van der Waals surface area contributed by atoms with Crippen LogP contribution in [0.2, 0.25) is 0 Å². The number of nitrogens with zero attached hydrogens (tertiary/aromatic N) is 2. The van der Waals surface area contributed by atoms with Crippen molar-refractivity contribution in [2.75, 3.05) is 5.32 Å². The lowest BCUT2D eigenvalue weighted by Gasteiger charge is -2.22. The summed E-state index contributed by atoms with van der Waals surface area (Å²) in [5.74, 6) is 0. The van der Waals surface area contributed by atoms with Crippen LogP contribution in [0, 0.1) is 0 Å². The molecule has 2 heterocycles. The SMILES string of the molecule is O=C(Nc1cccc(-c2cn3ccsc3n2)c1)NC1CCCCC1. The number of thiazole rings is 1. The normalized spacial score (nSPS) is 15.5. The fourth-order valence-electron chi connectivity index (χ4n) is 3.22. The second-order valence-electron chi connectivity index (χ2n) is 6.23. The molecule has 3 aromatic rings. The molecule has 5 nitrogen and oxygen atoms in total. The molecule has 6 heteroatoms. The third-order valence-corrected chi connectivity index (χ3v) is 5.22. The molecule has 4 rings (SSSR count). The zero-order valence-electron chi connectivity index (χ0n) is 13.4. The third kappa shape index (κ3) is 3.28. The van der Waals surface area contributed by atoms with Crippen LogP contribution in [0.25, 0.3) is 16.2 Å². The molecular formula is C18H20N4OS. The van der Waals surface area contributed by atoms with E-state index in [0.29, 0.717) is 6.04 Å². The van der Waals surface area contributed by atoms with E-state index in [1.165, 1.54) is 19.3 Å². The van der Waals surface area contributed by atoms with Gasteiger partial charge in [0.05, 0.1) is 5.69 Å². The number of imidazole rings is 1. The minimum atomic E-state index is -0.120. The molecule has 0 radical (unpaired) electrons. The maximum Gasteiger partial charge on any atom is 0.319 e. The van der Waals surface area contributed by atoms with Crippen LogP contribution in [0.4, 0.5) is 10.5 Å². The third-order valence-electron chi connectivity index (χ3n) is 4.45. The summed E-state index contributed by atoms with van der Waals surface area (Å²) < 4.78 is 2.01. The Kier molecular flexibility index (Phi) is 4.21. The van der Waals surface area contributed by atoms with Gasteiger partial charge in [-0.1, -0.05) is 31.4 Å². The van der Waals surface area contributed by atoms with Crippen molar-refractivity contribution in [2.45, 2.75) is 38.1 Å². The highest BCUT2D eigenvalue weighted by Crippen LogP contribution is 2.24. The Morgan fingerprint density at radius 2 is 2.12 bits per heavy atom.